The van der Waals surface area contributed by atoms with Crippen LogP contribution in [0.2, 0.25) is 0 Å². The number of aromatic nitrogens is 1. The van der Waals surface area contributed by atoms with Crippen LogP contribution in [0, 0.1) is 0 Å². The quantitative estimate of drug-likeness (QED) is 0.562. The van der Waals surface area contributed by atoms with Crippen molar-refractivity contribution in [2.24, 2.45) is 0 Å². The van der Waals surface area contributed by atoms with Crippen molar-refractivity contribution in [3.8, 4) is 0 Å². The first-order valence-corrected chi connectivity index (χ1v) is 6.92. The van der Waals surface area contributed by atoms with E-state index in [1.165, 1.54) is 37.7 Å². The van der Waals surface area contributed by atoms with Crippen molar-refractivity contribution < 1.29 is 0 Å². The Labute approximate surface area is 105 Å². The minimum absolute atomic E-state index is 1.00. The first-order chi connectivity index (χ1) is 8.38. The number of hydrogen-bond donors (Lipinski definition) is 1. The fourth-order valence-corrected chi connectivity index (χ4v) is 2.44. The van der Waals surface area contributed by atoms with Crippen molar-refractivity contribution in [3.05, 3.63) is 35.7 Å². The zero-order valence-electron chi connectivity index (χ0n) is 10.9. The van der Waals surface area contributed by atoms with Gasteiger partial charge in [-0.1, -0.05) is 18.6 Å². The molecule has 94 valence electrons. The highest BCUT2D eigenvalue weighted by atomic mass is 14.9. The molecule has 0 radical (unpaired) electrons. The molecular weight excluding hydrogens is 208 g/mol. The molecule has 1 aliphatic carbocycles. The van der Waals surface area contributed by atoms with Crippen molar-refractivity contribution in [3.63, 3.8) is 0 Å². The van der Waals surface area contributed by atoms with Crippen LogP contribution >= 0.6 is 0 Å². The van der Waals surface area contributed by atoms with Crippen molar-refractivity contribution in [2.45, 2.75) is 52.1 Å². The topological polar surface area (TPSA) is 17.0 Å². The van der Waals surface area contributed by atoms with Crippen LogP contribution in [0.4, 0.5) is 0 Å². The van der Waals surface area contributed by atoms with Gasteiger partial charge in [-0.15, -0.1) is 0 Å². The summed E-state index contributed by atoms with van der Waals surface area (Å²) in [6, 6.07) is 2.22. The number of allylic oxidation sites excluding steroid dienone is 1. The molecule has 0 saturated heterocycles. The van der Waals surface area contributed by atoms with Gasteiger partial charge in [0.2, 0.25) is 0 Å². The molecule has 0 fully saturated rings. The Kier molecular flexibility index (Phi) is 4.87. The summed E-state index contributed by atoms with van der Waals surface area (Å²) in [7, 11) is 0. The molecule has 2 rings (SSSR count). The van der Waals surface area contributed by atoms with Crippen LogP contribution in [0.3, 0.4) is 0 Å². The maximum Gasteiger partial charge on any atom is 0.0220 e. The Balaban J connectivity index is 1.63. The van der Waals surface area contributed by atoms with E-state index in [4.69, 9.17) is 0 Å². The van der Waals surface area contributed by atoms with E-state index < -0.39 is 0 Å². The first kappa shape index (κ1) is 12.4. The Morgan fingerprint density at radius 3 is 3.12 bits per heavy atom. The summed E-state index contributed by atoms with van der Waals surface area (Å²) in [6.07, 6.45) is 13.3. The number of nitrogens with zero attached hydrogens (tertiary/aromatic N) is 1. The average Bonchev–Trinajstić information content (AvgIpc) is 2.96. The average molecular weight is 232 g/mol. The van der Waals surface area contributed by atoms with Crippen LogP contribution in [0.15, 0.2) is 30.1 Å². The summed E-state index contributed by atoms with van der Waals surface area (Å²) in [6.45, 7) is 5.47. The second-order valence-electron chi connectivity index (χ2n) is 4.94. The van der Waals surface area contributed by atoms with Gasteiger partial charge in [-0.2, -0.15) is 0 Å². The smallest absolute Gasteiger partial charge is 0.0220 e. The van der Waals surface area contributed by atoms with Gasteiger partial charge < -0.3 is 9.88 Å². The molecular formula is C15H24N2. The van der Waals surface area contributed by atoms with Crippen LogP contribution < -0.4 is 5.32 Å². The summed E-state index contributed by atoms with van der Waals surface area (Å²) >= 11 is 0. The summed E-state index contributed by atoms with van der Waals surface area (Å²) in [5.41, 5.74) is 3.06. The predicted molar refractivity (Wildman–Crippen MR) is 73.0 cm³/mol. The second-order valence-corrected chi connectivity index (χ2v) is 4.94. The van der Waals surface area contributed by atoms with E-state index in [0.29, 0.717) is 0 Å². The van der Waals surface area contributed by atoms with Gasteiger partial charge in [0.1, 0.15) is 0 Å². The van der Waals surface area contributed by atoms with Gasteiger partial charge in [-0.05, 0) is 50.3 Å². The lowest BCUT2D eigenvalue weighted by atomic mass is 10.2. The molecule has 17 heavy (non-hydrogen) atoms. The normalized spacial score (nSPS) is 15.2. The lowest BCUT2D eigenvalue weighted by Gasteiger charge is -2.04. The number of hydrogen-bond acceptors (Lipinski definition) is 1. The van der Waals surface area contributed by atoms with E-state index in [2.05, 4.69) is 41.3 Å². The summed E-state index contributed by atoms with van der Waals surface area (Å²) in [5.74, 6) is 0. The van der Waals surface area contributed by atoms with Crippen molar-refractivity contribution >= 4 is 0 Å². The molecule has 1 N–H and O–H groups in total. The molecule has 0 unspecified atom stereocenters. The standard InChI is InChI=1S/C15H24N2/c1-2-10-17-11-8-15(13-17)12-16-9-7-14-5-3-4-6-14/h5,8,11,13,16H,2-4,6-7,9-10,12H2,1H3. The number of rotatable bonds is 7. The van der Waals surface area contributed by atoms with Crippen LogP contribution in [-0.4, -0.2) is 11.1 Å². The maximum absolute atomic E-state index is 3.53. The lowest BCUT2D eigenvalue weighted by molar-refractivity contribution is 0.662. The molecule has 0 bridgehead atoms. The highest BCUT2D eigenvalue weighted by Gasteiger charge is 2.03. The maximum atomic E-state index is 3.53. The molecule has 0 amide bonds. The van der Waals surface area contributed by atoms with Gasteiger partial charge >= 0.3 is 0 Å². The molecule has 1 aromatic rings. The van der Waals surface area contributed by atoms with Gasteiger partial charge in [0.15, 0.2) is 0 Å². The number of aryl methyl sites for hydroxylation is 1. The van der Waals surface area contributed by atoms with Crippen LogP contribution in [0.5, 0.6) is 0 Å². The second kappa shape index (κ2) is 6.65. The van der Waals surface area contributed by atoms with Gasteiger partial charge in [0.05, 0.1) is 0 Å². The highest BCUT2D eigenvalue weighted by Crippen LogP contribution is 2.19. The zero-order valence-corrected chi connectivity index (χ0v) is 10.9. The summed E-state index contributed by atoms with van der Waals surface area (Å²) < 4.78 is 2.27. The summed E-state index contributed by atoms with van der Waals surface area (Å²) in [5, 5.41) is 3.53. The monoisotopic (exact) mass is 232 g/mol. The number of nitrogens with one attached hydrogen (secondary N) is 1. The molecule has 1 aromatic heterocycles. The van der Waals surface area contributed by atoms with E-state index in [9.17, 15) is 0 Å². The zero-order chi connectivity index (χ0) is 11.9. The Morgan fingerprint density at radius 2 is 2.35 bits per heavy atom. The predicted octanol–water partition coefficient (Wildman–Crippen LogP) is 3.49. The molecule has 0 aromatic carbocycles. The minimum Gasteiger partial charge on any atom is -0.354 e. The highest BCUT2D eigenvalue weighted by molar-refractivity contribution is 5.10. The molecule has 1 aliphatic rings. The largest absolute Gasteiger partial charge is 0.354 e. The van der Waals surface area contributed by atoms with E-state index in [-0.39, 0.29) is 0 Å². The molecule has 2 heteroatoms. The van der Waals surface area contributed by atoms with Crippen molar-refractivity contribution in [1.29, 1.82) is 0 Å². The molecule has 2 nitrogen and oxygen atoms in total. The molecule has 0 saturated carbocycles. The Bertz CT molecular complexity index is 363. The minimum atomic E-state index is 1.00. The molecule has 0 aliphatic heterocycles. The third-order valence-corrected chi connectivity index (χ3v) is 3.38. The van der Waals surface area contributed by atoms with E-state index >= 15 is 0 Å². The Morgan fingerprint density at radius 1 is 1.41 bits per heavy atom. The van der Waals surface area contributed by atoms with Gasteiger partial charge in [-0.3, -0.25) is 0 Å². The van der Waals surface area contributed by atoms with E-state index in [1.807, 2.05) is 0 Å². The van der Waals surface area contributed by atoms with Crippen LogP contribution in [-0.2, 0) is 13.1 Å². The SMILES string of the molecule is CCCn1ccc(CNCCC2=CCCC2)c1. The van der Waals surface area contributed by atoms with Gasteiger partial charge in [0, 0.05) is 25.5 Å². The van der Waals surface area contributed by atoms with Crippen molar-refractivity contribution in [2.75, 3.05) is 6.54 Å². The summed E-state index contributed by atoms with van der Waals surface area (Å²) in [4.78, 5) is 0. The molecule has 1 heterocycles. The van der Waals surface area contributed by atoms with Crippen LogP contribution in [0.25, 0.3) is 0 Å². The van der Waals surface area contributed by atoms with Gasteiger partial charge in [-0.25, -0.2) is 0 Å². The van der Waals surface area contributed by atoms with Gasteiger partial charge in [0.25, 0.3) is 0 Å². The van der Waals surface area contributed by atoms with E-state index in [1.54, 1.807) is 5.57 Å². The third-order valence-electron chi connectivity index (χ3n) is 3.38. The Hall–Kier alpha value is -1.02. The fraction of sp³-hybridized carbons (Fsp3) is 0.600. The molecule has 0 spiro atoms. The van der Waals surface area contributed by atoms with E-state index in [0.717, 1.165) is 19.6 Å². The first-order valence-electron chi connectivity index (χ1n) is 6.92. The molecule has 0 atom stereocenters. The van der Waals surface area contributed by atoms with Crippen LogP contribution in [0.1, 0.15) is 44.6 Å². The fourth-order valence-electron chi connectivity index (χ4n) is 2.44. The lowest BCUT2D eigenvalue weighted by Crippen LogP contribution is -2.14. The third kappa shape index (κ3) is 4.04. The van der Waals surface area contributed by atoms with Crippen molar-refractivity contribution in [1.82, 2.24) is 9.88 Å².